The maximum Gasteiger partial charge on any atom is 0.302 e. The second kappa shape index (κ2) is 8.66. The van der Waals surface area contributed by atoms with Gasteiger partial charge < -0.3 is 9.84 Å². The molecule has 0 aliphatic heterocycles. The molecule has 0 saturated heterocycles. The number of ether oxygens (including phenoxy) is 1. The van der Waals surface area contributed by atoms with Gasteiger partial charge in [0.25, 0.3) is 0 Å². The molecule has 5 atom stereocenters. The topological polar surface area (TPSA) is 46.5 Å². The van der Waals surface area contributed by atoms with Crippen molar-refractivity contribution >= 4 is 5.97 Å². The van der Waals surface area contributed by atoms with Crippen LogP contribution in [0.4, 0.5) is 0 Å². The Balaban J connectivity index is 2.43. The zero-order chi connectivity index (χ0) is 15.1. The molecule has 1 rings (SSSR count). The molecular weight excluding hydrogens is 252 g/mol. The van der Waals surface area contributed by atoms with Crippen molar-refractivity contribution < 1.29 is 14.6 Å². The normalized spacial score (nSPS) is 29.8. The van der Waals surface area contributed by atoms with Crippen LogP contribution < -0.4 is 0 Å². The van der Waals surface area contributed by atoms with Crippen molar-refractivity contribution in [1.82, 2.24) is 0 Å². The van der Waals surface area contributed by atoms with Gasteiger partial charge in [-0.1, -0.05) is 40.0 Å². The molecule has 1 aliphatic carbocycles. The number of unbranched alkanes of at least 4 members (excludes halogenated alkanes) is 1. The molecule has 3 heteroatoms. The molecule has 1 aliphatic rings. The van der Waals surface area contributed by atoms with Gasteiger partial charge in [-0.3, -0.25) is 4.79 Å². The molecule has 1 fully saturated rings. The number of aliphatic hydroxyl groups is 1. The Kier molecular flexibility index (Phi) is 7.57. The molecule has 0 radical (unpaired) electrons. The highest BCUT2D eigenvalue weighted by molar-refractivity contribution is 5.66. The van der Waals surface area contributed by atoms with Gasteiger partial charge in [-0.05, 0) is 43.4 Å². The molecule has 20 heavy (non-hydrogen) atoms. The molecule has 1 N–H and O–H groups in total. The molecule has 0 aromatic rings. The zero-order valence-corrected chi connectivity index (χ0v) is 13.6. The van der Waals surface area contributed by atoms with Crippen molar-refractivity contribution in [2.24, 2.45) is 17.8 Å². The summed E-state index contributed by atoms with van der Waals surface area (Å²) in [5.41, 5.74) is 0. The SMILES string of the molecule is CCCCC(C)CC(C)C1CCC(O)C(OC(C)=O)C1. The fourth-order valence-electron chi connectivity index (χ4n) is 3.50. The number of aliphatic hydroxyl groups excluding tert-OH is 1. The van der Waals surface area contributed by atoms with Gasteiger partial charge in [0.2, 0.25) is 0 Å². The number of hydrogen-bond donors (Lipinski definition) is 1. The van der Waals surface area contributed by atoms with E-state index in [1.807, 2.05) is 0 Å². The van der Waals surface area contributed by atoms with Crippen LogP contribution in [0.15, 0.2) is 0 Å². The summed E-state index contributed by atoms with van der Waals surface area (Å²) >= 11 is 0. The first-order chi connectivity index (χ1) is 9.43. The summed E-state index contributed by atoms with van der Waals surface area (Å²) in [5, 5.41) is 9.94. The molecule has 0 amide bonds. The summed E-state index contributed by atoms with van der Waals surface area (Å²) < 4.78 is 5.26. The summed E-state index contributed by atoms with van der Waals surface area (Å²) in [6.45, 7) is 8.32. The number of esters is 1. The quantitative estimate of drug-likeness (QED) is 0.720. The number of rotatable bonds is 7. The molecule has 0 aromatic heterocycles. The van der Waals surface area contributed by atoms with Crippen LogP contribution in [0, 0.1) is 17.8 Å². The van der Waals surface area contributed by atoms with Crippen LogP contribution in [-0.4, -0.2) is 23.3 Å². The molecule has 0 spiro atoms. The van der Waals surface area contributed by atoms with Gasteiger partial charge in [-0.15, -0.1) is 0 Å². The van der Waals surface area contributed by atoms with Gasteiger partial charge in [-0.2, -0.15) is 0 Å². The Morgan fingerprint density at radius 2 is 2.05 bits per heavy atom. The minimum atomic E-state index is -0.472. The second-order valence-electron chi connectivity index (χ2n) is 6.75. The van der Waals surface area contributed by atoms with Gasteiger partial charge in [0, 0.05) is 6.92 Å². The van der Waals surface area contributed by atoms with E-state index in [4.69, 9.17) is 4.74 Å². The highest BCUT2D eigenvalue weighted by Gasteiger charge is 2.34. The number of carbonyl (C=O) groups excluding carboxylic acids is 1. The highest BCUT2D eigenvalue weighted by Crippen LogP contribution is 2.35. The van der Waals surface area contributed by atoms with Gasteiger partial charge >= 0.3 is 5.97 Å². The second-order valence-corrected chi connectivity index (χ2v) is 6.75. The van der Waals surface area contributed by atoms with Gasteiger partial charge in [0.15, 0.2) is 0 Å². The van der Waals surface area contributed by atoms with E-state index < -0.39 is 6.10 Å². The Labute approximate surface area is 124 Å². The molecular formula is C17H32O3. The first-order valence-electron chi connectivity index (χ1n) is 8.29. The van der Waals surface area contributed by atoms with E-state index in [0.29, 0.717) is 11.8 Å². The van der Waals surface area contributed by atoms with E-state index in [0.717, 1.165) is 25.2 Å². The summed E-state index contributed by atoms with van der Waals surface area (Å²) in [6, 6.07) is 0. The monoisotopic (exact) mass is 284 g/mol. The van der Waals surface area contributed by atoms with Crippen molar-refractivity contribution in [2.45, 2.75) is 84.8 Å². The molecule has 1 saturated carbocycles. The van der Waals surface area contributed by atoms with Crippen LogP contribution in [0.5, 0.6) is 0 Å². The van der Waals surface area contributed by atoms with Crippen molar-refractivity contribution in [3.05, 3.63) is 0 Å². The van der Waals surface area contributed by atoms with E-state index in [-0.39, 0.29) is 12.1 Å². The first kappa shape index (κ1) is 17.5. The van der Waals surface area contributed by atoms with E-state index in [1.165, 1.54) is 32.6 Å². The Morgan fingerprint density at radius 1 is 1.35 bits per heavy atom. The average Bonchev–Trinajstić information content (AvgIpc) is 2.38. The van der Waals surface area contributed by atoms with Crippen LogP contribution in [0.25, 0.3) is 0 Å². The maximum atomic E-state index is 11.1. The maximum absolute atomic E-state index is 11.1. The third-order valence-corrected chi connectivity index (χ3v) is 4.74. The van der Waals surface area contributed by atoms with Gasteiger partial charge in [-0.25, -0.2) is 0 Å². The van der Waals surface area contributed by atoms with Crippen LogP contribution >= 0.6 is 0 Å². The molecule has 0 heterocycles. The minimum absolute atomic E-state index is 0.279. The fraction of sp³-hybridized carbons (Fsp3) is 0.941. The predicted molar refractivity (Wildman–Crippen MR) is 81.4 cm³/mol. The molecule has 3 nitrogen and oxygen atoms in total. The standard InChI is InChI=1S/C17H32O3/c1-5-6-7-12(2)10-13(3)15-8-9-16(19)17(11-15)20-14(4)18/h12-13,15-17,19H,5-11H2,1-4H3. The van der Waals surface area contributed by atoms with E-state index in [9.17, 15) is 9.90 Å². The zero-order valence-electron chi connectivity index (χ0n) is 13.6. The lowest BCUT2D eigenvalue weighted by Gasteiger charge is -2.36. The van der Waals surface area contributed by atoms with Crippen molar-refractivity contribution in [3.8, 4) is 0 Å². The Bertz CT molecular complexity index is 290. The van der Waals surface area contributed by atoms with Crippen molar-refractivity contribution in [2.75, 3.05) is 0 Å². The number of hydrogen-bond acceptors (Lipinski definition) is 3. The van der Waals surface area contributed by atoms with Crippen LogP contribution in [0.1, 0.15) is 72.6 Å². The van der Waals surface area contributed by atoms with Crippen LogP contribution in [-0.2, 0) is 9.53 Å². The van der Waals surface area contributed by atoms with E-state index >= 15 is 0 Å². The summed E-state index contributed by atoms with van der Waals surface area (Å²) in [5.74, 6) is 1.71. The first-order valence-corrected chi connectivity index (χ1v) is 8.29. The minimum Gasteiger partial charge on any atom is -0.460 e. The van der Waals surface area contributed by atoms with Crippen molar-refractivity contribution in [3.63, 3.8) is 0 Å². The average molecular weight is 284 g/mol. The summed E-state index contributed by atoms with van der Waals surface area (Å²) in [4.78, 5) is 11.1. The Hall–Kier alpha value is -0.570. The smallest absolute Gasteiger partial charge is 0.302 e. The third-order valence-electron chi connectivity index (χ3n) is 4.74. The lowest BCUT2D eigenvalue weighted by atomic mass is 9.75. The van der Waals surface area contributed by atoms with E-state index in [1.54, 1.807) is 0 Å². The Morgan fingerprint density at radius 3 is 2.65 bits per heavy atom. The van der Waals surface area contributed by atoms with Crippen LogP contribution in [0.3, 0.4) is 0 Å². The molecule has 0 bridgehead atoms. The van der Waals surface area contributed by atoms with Gasteiger partial charge in [0.05, 0.1) is 6.10 Å². The van der Waals surface area contributed by atoms with E-state index in [2.05, 4.69) is 20.8 Å². The molecule has 118 valence electrons. The predicted octanol–water partition coefficient (Wildman–Crippen LogP) is 3.93. The third kappa shape index (κ3) is 5.82. The highest BCUT2D eigenvalue weighted by atomic mass is 16.6. The summed E-state index contributed by atoms with van der Waals surface area (Å²) in [6.07, 6.45) is 7.01. The summed E-state index contributed by atoms with van der Waals surface area (Å²) in [7, 11) is 0. The van der Waals surface area contributed by atoms with Crippen molar-refractivity contribution in [1.29, 1.82) is 0 Å². The largest absolute Gasteiger partial charge is 0.460 e. The molecule has 0 aromatic carbocycles. The lowest BCUT2D eigenvalue weighted by molar-refractivity contribution is -0.157. The fourth-order valence-corrected chi connectivity index (χ4v) is 3.50. The lowest BCUT2D eigenvalue weighted by Crippen LogP contribution is -2.38. The number of carbonyl (C=O) groups is 1. The van der Waals surface area contributed by atoms with Gasteiger partial charge in [0.1, 0.15) is 6.10 Å². The molecule has 5 unspecified atom stereocenters. The van der Waals surface area contributed by atoms with Crippen LogP contribution in [0.2, 0.25) is 0 Å².